The summed E-state index contributed by atoms with van der Waals surface area (Å²) in [6, 6.07) is 2.20. The number of hydrogen-bond acceptors (Lipinski definition) is 6. The molecule has 3 aromatic rings. The van der Waals surface area contributed by atoms with Gasteiger partial charge in [0.15, 0.2) is 5.65 Å². The number of carbonyl (C=O) groups is 1. The Kier molecular flexibility index (Phi) is 6.19. The predicted molar refractivity (Wildman–Crippen MR) is 152 cm³/mol. The summed E-state index contributed by atoms with van der Waals surface area (Å²) in [7, 11) is 0. The zero-order chi connectivity index (χ0) is 27.6. The number of rotatable bonds is 5. The van der Waals surface area contributed by atoms with E-state index >= 15 is 0 Å². The lowest BCUT2D eigenvalue weighted by molar-refractivity contribution is -0.00519. The second kappa shape index (κ2) is 9.24. The molecule has 3 aromatic heterocycles. The molecule has 0 unspecified atom stereocenters. The molecule has 0 atom stereocenters. The minimum absolute atomic E-state index is 0.108. The maximum atomic E-state index is 12.5. The second-order valence-corrected chi connectivity index (χ2v) is 13.2. The molecule has 7 rings (SSSR count). The third-order valence-corrected chi connectivity index (χ3v) is 9.34. The van der Waals surface area contributed by atoms with Crippen LogP contribution in [0.15, 0.2) is 12.3 Å². The molecule has 0 radical (unpaired) electrons. The number of nitrogens with zero attached hydrogens (tertiary/aromatic N) is 6. The van der Waals surface area contributed by atoms with Gasteiger partial charge in [-0.25, -0.2) is 14.5 Å². The van der Waals surface area contributed by atoms with Gasteiger partial charge in [-0.3, -0.25) is 4.68 Å². The van der Waals surface area contributed by atoms with E-state index in [4.69, 9.17) is 14.8 Å². The Morgan fingerprint density at radius 3 is 2.49 bits per heavy atom. The molecule has 1 amide bonds. The molecule has 2 bridgehead atoms. The third kappa shape index (κ3) is 4.78. The van der Waals surface area contributed by atoms with E-state index in [9.17, 15) is 4.79 Å². The summed E-state index contributed by atoms with van der Waals surface area (Å²) in [5.74, 6) is 0. The Bertz CT molecular complexity index is 1390. The van der Waals surface area contributed by atoms with E-state index in [0.717, 1.165) is 93.5 Å². The Hall–Kier alpha value is -3.10. The molecular weight excluding hydrogens is 490 g/mol. The summed E-state index contributed by atoms with van der Waals surface area (Å²) in [5.41, 5.74) is 6.82. The van der Waals surface area contributed by atoms with Gasteiger partial charge in [0.05, 0.1) is 23.0 Å². The number of fused-ring (bicyclic) bond motifs is 5. The number of aromatic nitrogens is 5. The first-order chi connectivity index (χ1) is 18.5. The Balaban J connectivity index is 1.17. The summed E-state index contributed by atoms with van der Waals surface area (Å²) < 4.78 is 9.89. The van der Waals surface area contributed by atoms with Gasteiger partial charge in [-0.1, -0.05) is 0 Å². The van der Waals surface area contributed by atoms with Gasteiger partial charge in [-0.2, -0.15) is 10.2 Å². The van der Waals surface area contributed by atoms with E-state index < -0.39 is 5.60 Å². The summed E-state index contributed by atoms with van der Waals surface area (Å²) in [6.45, 7) is 15.7. The van der Waals surface area contributed by atoms with E-state index in [1.165, 1.54) is 16.9 Å². The minimum Gasteiger partial charge on any atom is -0.444 e. The van der Waals surface area contributed by atoms with Crippen LogP contribution < -0.4 is 10.2 Å². The molecule has 3 saturated carbocycles. The summed E-state index contributed by atoms with van der Waals surface area (Å²) in [6.07, 6.45) is 9.11. The van der Waals surface area contributed by atoms with Crippen molar-refractivity contribution in [3.63, 3.8) is 0 Å². The van der Waals surface area contributed by atoms with Crippen LogP contribution in [-0.4, -0.2) is 48.3 Å². The number of ether oxygens (including phenoxy) is 1. The molecule has 0 saturated heterocycles. The smallest absolute Gasteiger partial charge is 0.408 e. The standard InChI is InChI=1S/C30H43N7O2/c1-7-36-26-22(17-31-36)25(16-20(2)32-26)35-15-8-24-23(18-35)21(3)34-37(24)19-29-9-12-30(13-10-29,14-11-29)33-27(38)39-28(4,5)6/h16-17H,7-15,18-19H2,1-6H3,(H,33,38). The van der Waals surface area contributed by atoms with Crippen LogP contribution in [0.25, 0.3) is 11.0 Å². The topological polar surface area (TPSA) is 90.1 Å². The monoisotopic (exact) mass is 533 g/mol. The Labute approximate surface area is 231 Å². The lowest BCUT2D eigenvalue weighted by atomic mass is 9.57. The maximum Gasteiger partial charge on any atom is 0.408 e. The fourth-order valence-electron chi connectivity index (χ4n) is 7.17. The van der Waals surface area contributed by atoms with Crippen molar-refractivity contribution in [3.8, 4) is 0 Å². The predicted octanol–water partition coefficient (Wildman–Crippen LogP) is 5.44. The van der Waals surface area contributed by atoms with Gasteiger partial charge in [0.1, 0.15) is 5.60 Å². The normalized spacial score (nSPS) is 24.7. The van der Waals surface area contributed by atoms with E-state index in [1.54, 1.807) is 0 Å². The van der Waals surface area contributed by atoms with Crippen LogP contribution in [0.5, 0.6) is 0 Å². The van der Waals surface area contributed by atoms with Crippen molar-refractivity contribution >= 4 is 22.8 Å². The molecule has 3 aliphatic carbocycles. The van der Waals surface area contributed by atoms with Crippen LogP contribution in [0.3, 0.4) is 0 Å². The number of hydrogen-bond donors (Lipinski definition) is 1. The number of alkyl carbamates (subject to hydrolysis) is 1. The fourth-order valence-corrected chi connectivity index (χ4v) is 7.17. The molecule has 1 aliphatic heterocycles. The van der Waals surface area contributed by atoms with Gasteiger partial charge in [-0.15, -0.1) is 0 Å². The Morgan fingerprint density at radius 1 is 1.10 bits per heavy atom. The minimum atomic E-state index is -0.472. The molecule has 210 valence electrons. The summed E-state index contributed by atoms with van der Waals surface area (Å²) in [4.78, 5) is 19.8. The van der Waals surface area contributed by atoms with E-state index in [0.29, 0.717) is 0 Å². The van der Waals surface area contributed by atoms with Gasteiger partial charge in [0, 0.05) is 55.1 Å². The van der Waals surface area contributed by atoms with Crippen molar-refractivity contribution in [2.24, 2.45) is 5.41 Å². The van der Waals surface area contributed by atoms with Crippen molar-refractivity contribution in [2.45, 2.75) is 117 Å². The van der Waals surface area contributed by atoms with Gasteiger partial charge >= 0.3 is 6.09 Å². The first-order valence-electron chi connectivity index (χ1n) is 14.6. The van der Waals surface area contributed by atoms with Crippen molar-refractivity contribution in [2.75, 3.05) is 11.4 Å². The van der Waals surface area contributed by atoms with Crippen LogP contribution >= 0.6 is 0 Å². The number of anilines is 1. The van der Waals surface area contributed by atoms with E-state index in [2.05, 4.69) is 46.8 Å². The highest BCUT2D eigenvalue weighted by Gasteiger charge is 2.50. The third-order valence-electron chi connectivity index (χ3n) is 9.34. The molecule has 9 nitrogen and oxygen atoms in total. The number of nitrogens with one attached hydrogen (secondary N) is 1. The molecule has 0 spiro atoms. The molecule has 0 aromatic carbocycles. The first-order valence-corrected chi connectivity index (χ1v) is 14.6. The van der Waals surface area contributed by atoms with E-state index in [-0.39, 0.29) is 17.0 Å². The van der Waals surface area contributed by atoms with E-state index in [1.807, 2.05) is 31.6 Å². The van der Waals surface area contributed by atoms with Crippen molar-refractivity contribution in [3.05, 3.63) is 34.9 Å². The van der Waals surface area contributed by atoms with Crippen LogP contribution in [0.1, 0.15) is 88.9 Å². The SMILES string of the molecule is CCn1ncc2c(N3CCc4c(c(C)nn4CC45CCC(NC(=O)OC(C)(C)C)(CC4)CC5)C3)cc(C)nc21. The highest BCUT2D eigenvalue weighted by Crippen LogP contribution is 2.53. The lowest BCUT2D eigenvalue weighted by Gasteiger charge is -2.53. The van der Waals surface area contributed by atoms with Crippen LogP contribution in [-0.2, 0) is 30.8 Å². The van der Waals surface area contributed by atoms with Crippen LogP contribution in [0, 0.1) is 19.3 Å². The van der Waals surface area contributed by atoms with Gasteiger partial charge in [-0.05, 0) is 91.5 Å². The van der Waals surface area contributed by atoms with Crippen LogP contribution in [0.4, 0.5) is 10.5 Å². The number of aryl methyl sites for hydroxylation is 3. The maximum absolute atomic E-state index is 12.5. The molecule has 39 heavy (non-hydrogen) atoms. The quantitative estimate of drug-likeness (QED) is 0.469. The first kappa shape index (κ1) is 26.1. The van der Waals surface area contributed by atoms with Crippen LogP contribution in [0.2, 0.25) is 0 Å². The second-order valence-electron chi connectivity index (χ2n) is 13.2. The molecule has 9 heteroatoms. The average Bonchev–Trinajstić information content (AvgIpc) is 3.43. The van der Waals surface area contributed by atoms with Crippen molar-refractivity contribution in [1.82, 2.24) is 29.9 Å². The number of amides is 1. The molecule has 4 aliphatic rings. The largest absolute Gasteiger partial charge is 0.444 e. The zero-order valence-corrected chi connectivity index (χ0v) is 24.4. The summed E-state index contributed by atoms with van der Waals surface area (Å²) in [5, 5.41) is 14.1. The number of carbonyl (C=O) groups excluding carboxylic acids is 1. The molecular formula is C30H43N7O2. The molecule has 1 N–H and O–H groups in total. The zero-order valence-electron chi connectivity index (χ0n) is 24.4. The highest BCUT2D eigenvalue weighted by molar-refractivity contribution is 5.89. The van der Waals surface area contributed by atoms with Gasteiger partial charge in [0.2, 0.25) is 0 Å². The fraction of sp³-hybridized carbons (Fsp3) is 0.667. The highest BCUT2D eigenvalue weighted by atomic mass is 16.6. The average molecular weight is 534 g/mol. The Morgan fingerprint density at radius 2 is 1.82 bits per heavy atom. The molecule has 4 heterocycles. The van der Waals surface area contributed by atoms with Gasteiger partial charge in [0.25, 0.3) is 0 Å². The van der Waals surface area contributed by atoms with Gasteiger partial charge < -0.3 is 15.0 Å². The number of pyridine rings is 1. The van der Waals surface area contributed by atoms with Crippen molar-refractivity contribution in [1.29, 1.82) is 0 Å². The lowest BCUT2D eigenvalue weighted by Crippen LogP contribution is -2.58. The summed E-state index contributed by atoms with van der Waals surface area (Å²) >= 11 is 0. The van der Waals surface area contributed by atoms with Crippen molar-refractivity contribution < 1.29 is 9.53 Å². The molecule has 3 fully saturated rings.